The number of carbonyl (C=O) groups is 5. The minimum absolute atomic E-state index is 0.0160. The van der Waals surface area contributed by atoms with Crippen molar-refractivity contribution in [2.75, 3.05) is 63.8 Å². The second kappa shape index (κ2) is 21.0. The molecule has 0 bridgehead atoms. The van der Waals surface area contributed by atoms with Crippen LogP contribution in [0.25, 0.3) is 0 Å². The molecule has 0 saturated carbocycles. The summed E-state index contributed by atoms with van der Waals surface area (Å²) in [5.41, 5.74) is 0.0160. The molecule has 0 aliphatic heterocycles. The van der Waals surface area contributed by atoms with Crippen LogP contribution < -0.4 is 21.3 Å². The van der Waals surface area contributed by atoms with E-state index in [1.54, 1.807) is 11.9 Å². The Labute approximate surface area is 213 Å². The van der Waals surface area contributed by atoms with Gasteiger partial charge in [0, 0.05) is 45.6 Å². The van der Waals surface area contributed by atoms with Crippen LogP contribution in [0.4, 0.5) is 0 Å². The van der Waals surface area contributed by atoms with Gasteiger partial charge in [0.05, 0.1) is 17.5 Å². The molecular formula is C21H40N5O5PS2. The fourth-order valence-corrected chi connectivity index (χ4v) is 4.04. The van der Waals surface area contributed by atoms with Crippen molar-refractivity contribution in [3.8, 4) is 0 Å². The van der Waals surface area contributed by atoms with Crippen molar-refractivity contribution >= 4 is 61.9 Å². The van der Waals surface area contributed by atoms with Crippen LogP contribution in [-0.4, -0.2) is 104 Å². The van der Waals surface area contributed by atoms with Crippen LogP contribution in [-0.2, 0) is 24.0 Å². The van der Waals surface area contributed by atoms with Gasteiger partial charge >= 0.3 is 0 Å². The molecule has 0 saturated heterocycles. The zero-order valence-electron chi connectivity index (χ0n) is 20.4. The molecule has 0 rings (SSSR count). The van der Waals surface area contributed by atoms with Crippen molar-refractivity contribution in [3.05, 3.63) is 0 Å². The van der Waals surface area contributed by atoms with Crippen LogP contribution in [0.1, 0.15) is 32.1 Å². The molecule has 0 heterocycles. The third kappa shape index (κ3) is 17.1. The second-order valence-electron chi connectivity index (χ2n) is 7.54. The Balaban J connectivity index is 4.42. The van der Waals surface area contributed by atoms with E-state index >= 15 is 0 Å². The number of likely N-dealkylation sites (N-methyl/N-ethyl adjacent to an activating group) is 1. The summed E-state index contributed by atoms with van der Waals surface area (Å²) < 4.78 is 0. The van der Waals surface area contributed by atoms with E-state index in [9.17, 15) is 24.0 Å². The van der Waals surface area contributed by atoms with Crippen molar-refractivity contribution < 1.29 is 24.0 Å². The van der Waals surface area contributed by atoms with Gasteiger partial charge in [-0.05, 0) is 38.8 Å². The second-order valence-corrected chi connectivity index (χ2v) is 9.84. The fraction of sp³-hybridized carbons (Fsp3) is 0.762. The van der Waals surface area contributed by atoms with Gasteiger partial charge in [-0.15, -0.1) is 0 Å². The molecular weight excluding hydrogens is 497 g/mol. The molecule has 0 fully saturated rings. The minimum atomic E-state index is -0.206. The Hall–Kier alpha value is -1.36. The first-order chi connectivity index (χ1) is 16.2. The monoisotopic (exact) mass is 537 g/mol. The number of unbranched alkanes of at least 4 members (excludes halogenated alkanes) is 1. The zero-order chi connectivity index (χ0) is 25.8. The molecule has 34 heavy (non-hydrogen) atoms. The maximum Gasteiger partial charge on any atom is 0.230 e. The lowest BCUT2D eigenvalue weighted by molar-refractivity contribution is -0.134. The molecule has 0 aliphatic rings. The zero-order valence-corrected chi connectivity index (χ0v) is 23.2. The summed E-state index contributed by atoms with van der Waals surface area (Å²) in [6.07, 6.45) is 6.02. The highest BCUT2D eigenvalue weighted by molar-refractivity contribution is 7.99. The number of thioether (sulfide) groups is 2. The number of nitrogens with zero attached hydrogens (tertiary/aromatic N) is 1. The summed E-state index contributed by atoms with van der Waals surface area (Å²) in [7, 11) is 3.92. The summed E-state index contributed by atoms with van der Waals surface area (Å²) >= 11 is 2.83. The number of hydrogen-bond acceptors (Lipinski definition) is 8. The van der Waals surface area contributed by atoms with Crippen molar-refractivity contribution in [1.29, 1.82) is 0 Å². The molecule has 4 amide bonds. The third-order valence-corrected chi connectivity index (χ3v) is 6.32. The molecule has 4 N–H and O–H groups in total. The summed E-state index contributed by atoms with van der Waals surface area (Å²) in [5.74, 6) is 0.0855. The van der Waals surface area contributed by atoms with E-state index in [0.717, 1.165) is 12.8 Å². The predicted octanol–water partition coefficient (Wildman–Crippen LogP) is -0.170. The molecule has 0 aliphatic carbocycles. The summed E-state index contributed by atoms with van der Waals surface area (Å²) in [6, 6.07) is -0.194. The number of carbonyl (C=O) groups excluding carboxylic acids is 5. The number of hydrogen-bond donors (Lipinski definition) is 4. The van der Waals surface area contributed by atoms with E-state index in [-0.39, 0.29) is 48.0 Å². The molecule has 2 atom stereocenters. The molecule has 13 heteroatoms. The van der Waals surface area contributed by atoms with Crippen molar-refractivity contribution in [1.82, 2.24) is 26.2 Å². The quantitative estimate of drug-likeness (QED) is 0.124. The van der Waals surface area contributed by atoms with E-state index in [4.69, 9.17) is 0 Å². The van der Waals surface area contributed by atoms with Gasteiger partial charge in [0.25, 0.3) is 0 Å². The highest BCUT2D eigenvalue weighted by atomic mass is 32.2. The molecule has 0 aromatic rings. The largest absolute Gasteiger partial charge is 0.356 e. The topological polar surface area (TPSA) is 137 Å². The van der Waals surface area contributed by atoms with Crippen LogP contribution in [0.15, 0.2) is 0 Å². The SMILES string of the molecule is CN[C@@H](CCCCNC(=O)CCC(=O)N(CCNC(=O)CSC)CCNC(=O)CSC)C(=O)P. The van der Waals surface area contributed by atoms with Crippen LogP contribution in [0, 0.1) is 0 Å². The number of amides is 4. The van der Waals surface area contributed by atoms with Crippen molar-refractivity contribution in [3.63, 3.8) is 0 Å². The Kier molecular flexibility index (Phi) is 20.1. The average Bonchev–Trinajstić information content (AvgIpc) is 2.78. The first kappa shape index (κ1) is 32.6. The van der Waals surface area contributed by atoms with Crippen LogP contribution >= 0.6 is 32.8 Å². The van der Waals surface area contributed by atoms with Crippen LogP contribution in [0.2, 0.25) is 0 Å². The summed E-state index contributed by atoms with van der Waals surface area (Å²) in [4.78, 5) is 61.0. The Morgan fingerprint density at radius 3 is 1.79 bits per heavy atom. The van der Waals surface area contributed by atoms with Gasteiger partial charge in [-0.1, -0.05) is 9.24 Å². The fourth-order valence-electron chi connectivity index (χ4n) is 2.98. The van der Waals surface area contributed by atoms with Gasteiger partial charge in [-0.2, -0.15) is 23.5 Å². The van der Waals surface area contributed by atoms with E-state index < -0.39 is 0 Å². The summed E-state index contributed by atoms with van der Waals surface area (Å²) in [5, 5.41) is 11.3. The Morgan fingerprint density at radius 2 is 1.32 bits per heavy atom. The maximum absolute atomic E-state index is 12.7. The molecule has 1 unspecified atom stereocenters. The van der Waals surface area contributed by atoms with Gasteiger partial charge in [-0.3, -0.25) is 24.0 Å². The molecule has 10 nitrogen and oxygen atoms in total. The lowest BCUT2D eigenvalue weighted by Crippen LogP contribution is -2.43. The van der Waals surface area contributed by atoms with Crippen molar-refractivity contribution in [2.24, 2.45) is 0 Å². The molecule has 0 radical (unpaired) electrons. The highest BCUT2D eigenvalue weighted by Gasteiger charge is 2.16. The molecule has 0 aromatic carbocycles. The smallest absolute Gasteiger partial charge is 0.230 e. The van der Waals surface area contributed by atoms with E-state index in [1.165, 1.54) is 23.5 Å². The van der Waals surface area contributed by atoms with E-state index in [2.05, 4.69) is 30.5 Å². The molecule has 0 aromatic heterocycles. The van der Waals surface area contributed by atoms with Gasteiger partial charge < -0.3 is 26.2 Å². The lowest BCUT2D eigenvalue weighted by Gasteiger charge is -2.23. The van der Waals surface area contributed by atoms with E-state index in [0.29, 0.717) is 50.7 Å². The van der Waals surface area contributed by atoms with Crippen LogP contribution in [0.3, 0.4) is 0 Å². The van der Waals surface area contributed by atoms with Gasteiger partial charge in [0.15, 0.2) is 5.52 Å². The van der Waals surface area contributed by atoms with Gasteiger partial charge in [0.2, 0.25) is 23.6 Å². The number of nitrogens with one attached hydrogen (secondary N) is 4. The Bertz CT molecular complexity index is 633. The Morgan fingerprint density at radius 1 is 0.794 bits per heavy atom. The maximum atomic E-state index is 12.7. The molecule has 196 valence electrons. The lowest BCUT2D eigenvalue weighted by atomic mass is 10.1. The van der Waals surface area contributed by atoms with Crippen LogP contribution in [0.5, 0.6) is 0 Å². The minimum Gasteiger partial charge on any atom is -0.356 e. The average molecular weight is 538 g/mol. The normalized spacial score (nSPS) is 11.4. The highest BCUT2D eigenvalue weighted by Crippen LogP contribution is 2.05. The third-order valence-electron chi connectivity index (χ3n) is 4.81. The van der Waals surface area contributed by atoms with Gasteiger partial charge in [-0.25, -0.2) is 0 Å². The predicted molar refractivity (Wildman–Crippen MR) is 143 cm³/mol. The standard InChI is InChI=1S/C21H40N5O5PS2/c1-22-16(21(31)32)6-4-5-9-23-17(27)7-8-20(30)26(12-10-24-18(28)14-33-2)13-11-25-19(29)15-34-3/h16,22H,4-15,32H2,1-3H3,(H,23,27)(H,24,28)(H,25,29)/t16-/m0/s1. The molecule has 0 spiro atoms. The van der Waals surface area contributed by atoms with Crippen molar-refractivity contribution in [2.45, 2.75) is 38.1 Å². The van der Waals surface area contributed by atoms with E-state index in [1.807, 2.05) is 12.5 Å². The first-order valence-electron chi connectivity index (χ1n) is 11.3. The first-order valence-corrected chi connectivity index (χ1v) is 14.6. The van der Waals surface area contributed by atoms with Gasteiger partial charge in [0.1, 0.15) is 0 Å². The number of rotatable bonds is 20. The summed E-state index contributed by atoms with van der Waals surface area (Å²) in [6.45, 7) is 1.71.